The van der Waals surface area contributed by atoms with Crippen LogP contribution in [0.4, 0.5) is 0 Å². The standard InChI is InChI=1S/C6H12N6S2.Cu/c1-2-4(10-12-6(8)14)3-9-11-5(7)13;/h3H,2H2,1H3,(H3,7,11,13)(H3,8,12,14);/q;+2/p-2/b9-3-,10-4-;. The topological polar surface area (TPSA) is 101 Å². The summed E-state index contributed by atoms with van der Waals surface area (Å²) in [6.45, 7) is 1.88. The summed E-state index contributed by atoms with van der Waals surface area (Å²) in [5, 5.41) is 14.2. The zero-order valence-electron chi connectivity index (χ0n) is 7.85. The maximum Gasteiger partial charge on any atom is 2.00 e. The van der Waals surface area contributed by atoms with Crippen molar-refractivity contribution in [3.05, 3.63) is 0 Å². The van der Waals surface area contributed by atoms with Gasteiger partial charge in [0.2, 0.25) is 0 Å². The molecule has 0 saturated heterocycles. The predicted octanol–water partition coefficient (Wildman–Crippen LogP) is -0.541. The number of nitrogens with two attached hydrogens (primary N) is 2. The Balaban J connectivity index is 0. The molecule has 0 bridgehead atoms. The zero-order chi connectivity index (χ0) is 11.0. The first-order valence-electron chi connectivity index (χ1n) is 3.66. The Morgan fingerprint density at radius 3 is 2.07 bits per heavy atom. The molecule has 0 fully saturated rings. The molecule has 15 heavy (non-hydrogen) atoms. The number of rotatable bonds is 4. The monoisotopic (exact) mass is 293 g/mol. The Hall–Kier alpha value is -0.761. The van der Waals surface area contributed by atoms with Gasteiger partial charge >= 0.3 is 17.1 Å². The van der Waals surface area contributed by atoms with E-state index in [2.05, 4.69) is 45.7 Å². The van der Waals surface area contributed by atoms with E-state index in [9.17, 15) is 0 Å². The molecule has 0 saturated carbocycles. The molecule has 4 N–H and O–H groups in total. The van der Waals surface area contributed by atoms with E-state index in [1.807, 2.05) is 6.92 Å². The Bertz CT molecular complexity index is 290. The van der Waals surface area contributed by atoms with E-state index >= 15 is 0 Å². The van der Waals surface area contributed by atoms with Crippen LogP contribution in [0.25, 0.3) is 0 Å². The average molecular weight is 294 g/mol. The summed E-state index contributed by atoms with van der Waals surface area (Å²) in [5.74, 6) is 0. The van der Waals surface area contributed by atoms with Crippen molar-refractivity contribution in [3.63, 3.8) is 0 Å². The Labute approximate surface area is 110 Å². The van der Waals surface area contributed by atoms with Crippen molar-refractivity contribution in [3.8, 4) is 0 Å². The van der Waals surface area contributed by atoms with E-state index in [1.165, 1.54) is 6.21 Å². The normalized spacial score (nSPS) is 14.1. The van der Waals surface area contributed by atoms with Gasteiger partial charge in [0.1, 0.15) is 0 Å². The van der Waals surface area contributed by atoms with Crippen molar-refractivity contribution in [1.82, 2.24) is 0 Å². The van der Waals surface area contributed by atoms with Gasteiger partial charge in [0, 0.05) is 0 Å². The van der Waals surface area contributed by atoms with Gasteiger partial charge in [0.15, 0.2) is 0 Å². The van der Waals surface area contributed by atoms with Crippen molar-refractivity contribution in [2.24, 2.45) is 31.9 Å². The van der Waals surface area contributed by atoms with Crippen LogP contribution in [-0.4, -0.2) is 22.3 Å². The van der Waals surface area contributed by atoms with E-state index < -0.39 is 0 Å². The van der Waals surface area contributed by atoms with Crippen molar-refractivity contribution in [2.75, 3.05) is 0 Å². The second kappa shape index (κ2) is 9.78. The third-order valence-corrected chi connectivity index (χ3v) is 1.17. The van der Waals surface area contributed by atoms with E-state index in [0.717, 1.165) is 0 Å². The second-order valence-corrected chi connectivity index (χ2v) is 2.90. The smallest absolute Gasteiger partial charge is 0.741 e. The van der Waals surface area contributed by atoms with Crippen LogP contribution in [0.2, 0.25) is 0 Å². The molecule has 0 atom stereocenters. The average Bonchev–Trinajstić information content (AvgIpc) is 2.10. The van der Waals surface area contributed by atoms with E-state index in [1.54, 1.807) is 0 Å². The van der Waals surface area contributed by atoms with Crippen molar-refractivity contribution in [1.29, 1.82) is 0 Å². The Morgan fingerprint density at radius 2 is 1.67 bits per heavy atom. The molecule has 6 nitrogen and oxygen atoms in total. The fourth-order valence-electron chi connectivity index (χ4n) is 0.454. The minimum atomic E-state index is -0.0389. The predicted molar refractivity (Wildman–Crippen MR) is 64.2 cm³/mol. The molecule has 0 aromatic rings. The van der Waals surface area contributed by atoms with Crippen LogP contribution in [0.3, 0.4) is 0 Å². The summed E-state index contributed by atoms with van der Waals surface area (Å²) in [6, 6.07) is 0. The molecule has 0 spiro atoms. The van der Waals surface area contributed by atoms with Crippen LogP contribution in [0.1, 0.15) is 13.3 Å². The molecule has 0 unspecified atom stereocenters. The molecule has 0 amide bonds. The molecule has 0 heterocycles. The maximum absolute atomic E-state index is 5.12. The minimum absolute atomic E-state index is 0. The van der Waals surface area contributed by atoms with Crippen LogP contribution in [0.5, 0.6) is 0 Å². The van der Waals surface area contributed by atoms with Gasteiger partial charge in [-0.05, 0) is 16.8 Å². The van der Waals surface area contributed by atoms with Gasteiger partial charge in [-0.25, -0.2) is 0 Å². The minimum Gasteiger partial charge on any atom is -0.741 e. The molecular weight excluding hydrogens is 284 g/mol. The van der Waals surface area contributed by atoms with Gasteiger partial charge in [-0.3, -0.25) is 0 Å². The summed E-state index contributed by atoms with van der Waals surface area (Å²) in [6.07, 6.45) is 2.02. The molecule has 0 aliphatic rings. The zero-order valence-corrected chi connectivity index (χ0v) is 10.4. The van der Waals surface area contributed by atoms with Gasteiger partial charge in [0.05, 0.1) is 11.9 Å². The molecule has 0 aromatic carbocycles. The molecule has 0 aromatic heterocycles. The third kappa shape index (κ3) is 11.2. The molecule has 87 valence electrons. The molecule has 0 rings (SSSR count). The van der Waals surface area contributed by atoms with Gasteiger partial charge in [0.25, 0.3) is 0 Å². The molecular formula is C6H10CuN6S2. The largest absolute Gasteiger partial charge is 2.00 e. The first kappa shape index (κ1) is 16.7. The van der Waals surface area contributed by atoms with E-state index in [4.69, 9.17) is 11.5 Å². The van der Waals surface area contributed by atoms with Gasteiger partial charge in [-0.2, -0.15) is 20.4 Å². The SMILES string of the molecule is CCC(/C=N\N=C(\N)[S-])=N/N=C(/N)[S-].[Cu+2]. The fourth-order valence-corrected chi connectivity index (χ4v) is 0.542. The first-order chi connectivity index (χ1) is 6.56. The second-order valence-electron chi connectivity index (χ2n) is 2.07. The first-order valence-corrected chi connectivity index (χ1v) is 4.48. The van der Waals surface area contributed by atoms with Crippen molar-refractivity contribution < 1.29 is 17.1 Å². The van der Waals surface area contributed by atoms with E-state index in [-0.39, 0.29) is 27.4 Å². The summed E-state index contributed by atoms with van der Waals surface area (Å²) < 4.78 is 0. The van der Waals surface area contributed by atoms with Gasteiger partial charge < -0.3 is 36.7 Å². The van der Waals surface area contributed by atoms with Gasteiger partial charge in [-0.1, -0.05) is 6.92 Å². The summed E-state index contributed by atoms with van der Waals surface area (Å²) in [5.41, 5.74) is 10.8. The molecule has 9 heteroatoms. The number of amidine groups is 2. The van der Waals surface area contributed by atoms with Crippen LogP contribution in [0.15, 0.2) is 20.4 Å². The maximum atomic E-state index is 5.12. The third-order valence-electron chi connectivity index (χ3n) is 1.00. The molecule has 0 aliphatic carbocycles. The Kier molecular flexibility index (Phi) is 10.9. The number of hydrogen-bond donors (Lipinski definition) is 2. The summed E-state index contributed by atoms with van der Waals surface area (Å²) >= 11 is 8.99. The summed E-state index contributed by atoms with van der Waals surface area (Å²) in [4.78, 5) is 0. The molecule has 0 aliphatic heterocycles. The van der Waals surface area contributed by atoms with Crippen LogP contribution < -0.4 is 11.5 Å². The van der Waals surface area contributed by atoms with Crippen LogP contribution in [0, 0.1) is 0 Å². The number of nitrogens with zero attached hydrogens (tertiary/aromatic N) is 4. The quantitative estimate of drug-likeness (QED) is 0.239. The fraction of sp³-hybridized carbons (Fsp3) is 0.333. The van der Waals surface area contributed by atoms with Crippen LogP contribution >= 0.6 is 0 Å². The van der Waals surface area contributed by atoms with E-state index in [0.29, 0.717) is 12.1 Å². The molecule has 1 radical (unpaired) electrons. The van der Waals surface area contributed by atoms with Crippen LogP contribution in [-0.2, 0) is 42.3 Å². The Morgan fingerprint density at radius 1 is 1.13 bits per heavy atom. The number of hydrogen-bond acceptors (Lipinski definition) is 6. The van der Waals surface area contributed by atoms with Crippen molar-refractivity contribution >= 4 is 47.5 Å². The van der Waals surface area contributed by atoms with Crippen molar-refractivity contribution in [2.45, 2.75) is 13.3 Å². The summed E-state index contributed by atoms with van der Waals surface area (Å²) in [7, 11) is 0. The van der Waals surface area contributed by atoms with Gasteiger partial charge in [-0.15, -0.1) is 0 Å².